The Hall–Kier alpha value is -1.92. The second kappa shape index (κ2) is 10.1. The van der Waals surface area contributed by atoms with E-state index >= 15 is 0 Å². The van der Waals surface area contributed by atoms with Crippen LogP contribution in [-0.2, 0) is 4.79 Å². The van der Waals surface area contributed by atoms with Crippen molar-refractivity contribution >= 4 is 11.8 Å². The highest BCUT2D eigenvalue weighted by atomic mass is 16.2. The number of hydrogen-bond acceptors (Lipinski definition) is 4. The molecule has 0 spiro atoms. The summed E-state index contributed by atoms with van der Waals surface area (Å²) < 4.78 is 0. The fourth-order valence-corrected chi connectivity index (χ4v) is 7.42. The molecule has 2 aliphatic rings. The second-order valence-corrected chi connectivity index (χ2v) is 13.1. The van der Waals surface area contributed by atoms with Gasteiger partial charge < -0.3 is 10.6 Å². The number of benzene rings is 1. The number of nitrogens with one attached hydrogen (secondary N) is 2. The molecule has 0 saturated carbocycles. The molecule has 2 heterocycles. The molecule has 2 amide bonds. The van der Waals surface area contributed by atoms with Crippen molar-refractivity contribution in [2.75, 3.05) is 0 Å². The number of rotatable bonds is 6. The Balaban J connectivity index is 1.98. The van der Waals surface area contributed by atoms with Crippen molar-refractivity contribution in [3.05, 3.63) is 35.9 Å². The molecule has 0 aliphatic carbocycles. The van der Waals surface area contributed by atoms with Gasteiger partial charge in [0.2, 0.25) is 5.91 Å². The Labute approximate surface area is 219 Å². The van der Waals surface area contributed by atoms with E-state index in [1.807, 2.05) is 30.3 Å². The zero-order chi connectivity index (χ0) is 27.1. The van der Waals surface area contributed by atoms with Gasteiger partial charge in [-0.3, -0.25) is 9.59 Å². The molecule has 1 aromatic carbocycles. The van der Waals surface area contributed by atoms with Gasteiger partial charge >= 0.3 is 0 Å². The standard InChI is InChI=1S/C30H50N4O2/c1-11-29(9)20-25(31-22(4)35)21(3)30(10,12-2)34(29)33-27(5,6)18-24(19-28(33,7)8)32-26(36)23-16-14-13-15-17-23/h13-17,21,24-25H,11-12,18-20H2,1-10H3,(H,31,35)(H,32,36). The quantitative estimate of drug-likeness (QED) is 0.541. The number of carbonyl (C=O) groups is 2. The lowest BCUT2D eigenvalue weighted by atomic mass is 9.66. The number of amides is 2. The van der Waals surface area contributed by atoms with Crippen LogP contribution in [0.1, 0.15) is 112 Å². The van der Waals surface area contributed by atoms with E-state index in [1.165, 1.54) is 0 Å². The van der Waals surface area contributed by atoms with Crippen LogP contribution in [0, 0.1) is 5.92 Å². The molecule has 0 radical (unpaired) electrons. The highest BCUT2D eigenvalue weighted by Gasteiger charge is 2.60. The average Bonchev–Trinajstić information content (AvgIpc) is 2.78. The molecule has 1 aromatic rings. The molecular weight excluding hydrogens is 448 g/mol. The van der Waals surface area contributed by atoms with Crippen molar-refractivity contribution in [1.29, 1.82) is 0 Å². The number of carbonyl (C=O) groups excluding carboxylic acids is 2. The first-order chi connectivity index (χ1) is 16.6. The molecule has 2 N–H and O–H groups in total. The molecule has 202 valence electrons. The zero-order valence-corrected chi connectivity index (χ0v) is 24.4. The summed E-state index contributed by atoms with van der Waals surface area (Å²) in [7, 11) is 0. The molecule has 4 atom stereocenters. The lowest BCUT2D eigenvalue weighted by Crippen LogP contribution is -2.81. The van der Waals surface area contributed by atoms with Crippen molar-refractivity contribution < 1.29 is 9.59 Å². The van der Waals surface area contributed by atoms with Crippen LogP contribution in [0.25, 0.3) is 0 Å². The lowest BCUT2D eigenvalue weighted by molar-refractivity contribution is -0.296. The second-order valence-electron chi connectivity index (χ2n) is 13.1. The normalized spacial score (nSPS) is 33.2. The number of hydrogen-bond donors (Lipinski definition) is 2. The zero-order valence-electron chi connectivity index (χ0n) is 24.4. The van der Waals surface area contributed by atoms with Crippen LogP contribution in [0.15, 0.2) is 30.3 Å². The van der Waals surface area contributed by atoms with E-state index in [4.69, 9.17) is 0 Å². The largest absolute Gasteiger partial charge is 0.353 e. The summed E-state index contributed by atoms with van der Waals surface area (Å²) in [6, 6.07) is 9.74. The van der Waals surface area contributed by atoms with Gasteiger partial charge in [-0.25, -0.2) is 10.0 Å². The van der Waals surface area contributed by atoms with Crippen LogP contribution < -0.4 is 10.6 Å². The van der Waals surface area contributed by atoms with Crippen LogP contribution in [0.3, 0.4) is 0 Å². The number of piperidine rings is 2. The molecule has 36 heavy (non-hydrogen) atoms. The molecule has 2 aliphatic heterocycles. The Morgan fingerprint density at radius 1 is 0.861 bits per heavy atom. The first-order valence-electron chi connectivity index (χ1n) is 13.8. The first kappa shape index (κ1) is 28.6. The number of nitrogens with zero attached hydrogens (tertiary/aromatic N) is 2. The summed E-state index contributed by atoms with van der Waals surface area (Å²) in [6.45, 7) is 22.5. The van der Waals surface area contributed by atoms with Gasteiger partial charge in [-0.1, -0.05) is 39.0 Å². The first-order valence-corrected chi connectivity index (χ1v) is 13.8. The molecule has 3 rings (SSSR count). The van der Waals surface area contributed by atoms with Crippen molar-refractivity contribution in [3.63, 3.8) is 0 Å². The van der Waals surface area contributed by atoms with E-state index in [0.717, 1.165) is 32.1 Å². The van der Waals surface area contributed by atoms with E-state index in [0.29, 0.717) is 5.56 Å². The minimum Gasteiger partial charge on any atom is -0.353 e. The summed E-state index contributed by atoms with van der Waals surface area (Å²) >= 11 is 0. The summed E-state index contributed by atoms with van der Waals surface area (Å²) in [5.41, 5.74) is 0.110. The Bertz CT molecular complexity index is 928. The Morgan fingerprint density at radius 3 is 1.89 bits per heavy atom. The molecule has 4 unspecified atom stereocenters. The van der Waals surface area contributed by atoms with Crippen molar-refractivity contribution in [3.8, 4) is 0 Å². The van der Waals surface area contributed by atoms with Gasteiger partial charge in [-0.2, -0.15) is 0 Å². The monoisotopic (exact) mass is 498 g/mol. The molecule has 2 fully saturated rings. The Morgan fingerprint density at radius 2 is 1.42 bits per heavy atom. The molecule has 6 heteroatoms. The maximum Gasteiger partial charge on any atom is 0.251 e. The topological polar surface area (TPSA) is 64.7 Å². The van der Waals surface area contributed by atoms with Gasteiger partial charge in [-0.05, 0) is 91.7 Å². The van der Waals surface area contributed by atoms with E-state index < -0.39 is 0 Å². The fraction of sp³-hybridized carbons (Fsp3) is 0.733. The minimum atomic E-state index is -0.177. The van der Waals surface area contributed by atoms with Crippen LogP contribution >= 0.6 is 0 Å². The van der Waals surface area contributed by atoms with E-state index in [9.17, 15) is 9.59 Å². The van der Waals surface area contributed by atoms with Crippen LogP contribution in [-0.4, -0.2) is 56.1 Å². The van der Waals surface area contributed by atoms with Crippen molar-refractivity contribution in [1.82, 2.24) is 20.7 Å². The fourth-order valence-electron chi connectivity index (χ4n) is 7.42. The summed E-state index contributed by atoms with van der Waals surface area (Å²) in [5.74, 6) is 0.336. The minimum absolute atomic E-state index is 0.00202. The van der Waals surface area contributed by atoms with Gasteiger partial charge in [0.05, 0.1) is 0 Å². The molecule has 0 aromatic heterocycles. The van der Waals surface area contributed by atoms with E-state index in [-0.39, 0.29) is 52.0 Å². The third-order valence-electron chi connectivity index (χ3n) is 9.32. The average molecular weight is 499 g/mol. The van der Waals surface area contributed by atoms with Gasteiger partial charge in [0.25, 0.3) is 5.91 Å². The lowest BCUT2D eigenvalue weighted by Gasteiger charge is -2.70. The van der Waals surface area contributed by atoms with E-state index in [1.54, 1.807) is 6.92 Å². The molecular formula is C30H50N4O2. The highest BCUT2D eigenvalue weighted by molar-refractivity contribution is 5.94. The van der Waals surface area contributed by atoms with Crippen LogP contribution in [0.4, 0.5) is 0 Å². The maximum atomic E-state index is 13.0. The van der Waals surface area contributed by atoms with Gasteiger partial charge in [-0.15, -0.1) is 0 Å². The molecule has 2 saturated heterocycles. The van der Waals surface area contributed by atoms with Crippen molar-refractivity contribution in [2.24, 2.45) is 5.92 Å². The van der Waals surface area contributed by atoms with E-state index in [2.05, 4.69) is 83.0 Å². The van der Waals surface area contributed by atoms with Gasteiger partial charge in [0.15, 0.2) is 0 Å². The third kappa shape index (κ3) is 5.22. The van der Waals surface area contributed by atoms with Crippen molar-refractivity contribution in [2.45, 2.75) is 136 Å². The van der Waals surface area contributed by atoms with Crippen LogP contribution in [0.5, 0.6) is 0 Å². The Kier molecular flexibility index (Phi) is 8.03. The van der Waals surface area contributed by atoms with Gasteiger partial charge in [0.1, 0.15) is 0 Å². The van der Waals surface area contributed by atoms with Crippen LogP contribution in [0.2, 0.25) is 0 Å². The summed E-state index contributed by atoms with van der Waals surface area (Å²) in [6.07, 6.45) is 4.62. The number of hydrazine groups is 1. The highest BCUT2D eigenvalue weighted by Crippen LogP contribution is 2.52. The van der Waals surface area contributed by atoms with Gasteiger partial charge in [0, 0.05) is 46.7 Å². The third-order valence-corrected chi connectivity index (χ3v) is 9.32. The predicted octanol–water partition coefficient (Wildman–Crippen LogP) is 5.54. The molecule has 6 nitrogen and oxygen atoms in total. The smallest absolute Gasteiger partial charge is 0.251 e. The maximum absolute atomic E-state index is 13.0. The molecule has 0 bridgehead atoms. The predicted molar refractivity (Wildman–Crippen MR) is 148 cm³/mol. The summed E-state index contributed by atoms with van der Waals surface area (Å²) in [4.78, 5) is 25.1. The SMILES string of the molecule is CCC1(C)CC(NC(C)=O)C(C)C(C)(CC)N1N1C(C)(C)CC(NC(=O)c2ccccc2)CC1(C)C. The summed E-state index contributed by atoms with van der Waals surface area (Å²) in [5, 5.41) is 12.0.